The smallest absolute Gasteiger partial charge is 0.127 e. The fraction of sp³-hybridized carbons (Fsp3) is 0.533. The van der Waals surface area contributed by atoms with Crippen molar-refractivity contribution in [2.45, 2.75) is 38.1 Å². The summed E-state index contributed by atoms with van der Waals surface area (Å²) in [6.07, 6.45) is 3.16. The van der Waals surface area contributed by atoms with E-state index in [1.807, 2.05) is 6.92 Å². The molecule has 0 saturated carbocycles. The quantitative estimate of drug-likeness (QED) is 0.563. The van der Waals surface area contributed by atoms with E-state index in [1.54, 1.807) is 13.2 Å². The van der Waals surface area contributed by atoms with Crippen LogP contribution in [0.15, 0.2) is 18.2 Å². The summed E-state index contributed by atoms with van der Waals surface area (Å²) in [7, 11) is 1.71. The number of benzene rings is 1. The second-order valence-electron chi connectivity index (χ2n) is 4.92. The minimum Gasteiger partial charge on any atom is -0.385 e. The van der Waals surface area contributed by atoms with Crippen molar-refractivity contribution in [1.29, 1.82) is 0 Å². The molecule has 1 unspecified atom stereocenters. The zero-order chi connectivity index (χ0) is 14.5. The first kappa shape index (κ1) is 15.3. The molecule has 0 N–H and O–H groups in total. The third-order valence-corrected chi connectivity index (χ3v) is 3.52. The number of alkyl halides is 1. The molecule has 20 heavy (non-hydrogen) atoms. The number of hydrogen-bond acceptors (Lipinski definition) is 2. The highest BCUT2D eigenvalue weighted by Gasteiger charge is 2.14. The largest absolute Gasteiger partial charge is 0.385 e. The van der Waals surface area contributed by atoms with Crippen molar-refractivity contribution in [2.24, 2.45) is 0 Å². The Bertz CT molecular complexity index is 568. The van der Waals surface area contributed by atoms with Gasteiger partial charge in [-0.3, -0.25) is 0 Å². The summed E-state index contributed by atoms with van der Waals surface area (Å²) in [6.45, 7) is 3.52. The lowest BCUT2D eigenvalue weighted by molar-refractivity contribution is 0.191. The molecule has 0 fully saturated rings. The SMILES string of the molecule is COCCCCCn1c(C(C)Cl)nc2cc(F)ccc21. The zero-order valence-corrected chi connectivity index (χ0v) is 12.7. The van der Waals surface area contributed by atoms with E-state index in [4.69, 9.17) is 16.3 Å². The van der Waals surface area contributed by atoms with E-state index in [0.717, 1.165) is 43.8 Å². The average molecular weight is 299 g/mol. The first-order chi connectivity index (χ1) is 9.63. The molecule has 0 amide bonds. The fourth-order valence-corrected chi connectivity index (χ4v) is 2.52. The number of ether oxygens (including phenoxy) is 1. The van der Waals surface area contributed by atoms with Gasteiger partial charge in [0.15, 0.2) is 0 Å². The molecule has 5 heteroatoms. The Labute approximate surface area is 123 Å². The van der Waals surface area contributed by atoms with Crippen LogP contribution in [0.3, 0.4) is 0 Å². The highest BCUT2D eigenvalue weighted by Crippen LogP contribution is 2.25. The predicted molar refractivity (Wildman–Crippen MR) is 79.7 cm³/mol. The van der Waals surface area contributed by atoms with Crippen molar-refractivity contribution in [3.8, 4) is 0 Å². The number of rotatable bonds is 7. The molecule has 0 aliphatic heterocycles. The molecular formula is C15H20ClFN2O. The van der Waals surface area contributed by atoms with Crippen molar-refractivity contribution in [3.63, 3.8) is 0 Å². The number of nitrogens with zero attached hydrogens (tertiary/aromatic N) is 2. The molecule has 110 valence electrons. The van der Waals surface area contributed by atoms with Crippen LogP contribution >= 0.6 is 11.6 Å². The van der Waals surface area contributed by atoms with Gasteiger partial charge in [0.25, 0.3) is 0 Å². The number of imidazole rings is 1. The normalized spacial score (nSPS) is 13.0. The maximum absolute atomic E-state index is 13.3. The number of aryl methyl sites for hydroxylation is 1. The van der Waals surface area contributed by atoms with Crippen molar-refractivity contribution in [1.82, 2.24) is 9.55 Å². The molecule has 2 aromatic rings. The minimum absolute atomic E-state index is 0.190. The number of hydrogen-bond donors (Lipinski definition) is 0. The van der Waals surface area contributed by atoms with Gasteiger partial charge in [-0.05, 0) is 38.3 Å². The van der Waals surface area contributed by atoms with E-state index in [-0.39, 0.29) is 11.2 Å². The lowest BCUT2D eigenvalue weighted by Crippen LogP contribution is -2.05. The lowest BCUT2D eigenvalue weighted by Gasteiger charge is -2.10. The molecule has 0 radical (unpaired) electrons. The molecule has 0 aliphatic carbocycles. The van der Waals surface area contributed by atoms with Crippen molar-refractivity contribution >= 4 is 22.6 Å². The zero-order valence-electron chi connectivity index (χ0n) is 11.9. The molecule has 1 aromatic carbocycles. The molecule has 1 atom stereocenters. The summed E-state index contributed by atoms with van der Waals surface area (Å²) >= 11 is 6.19. The van der Waals surface area contributed by atoms with Crippen LogP contribution in [0.5, 0.6) is 0 Å². The van der Waals surface area contributed by atoms with E-state index in [9.17, 15) is 4.39 Å². The third kappa shape index (κ3) is 3.49. The van der Waals surface area contributed by atoms with Crippen molar-refractivity contribution in [2.75, 3.05) is 13.7 Å². The van der Waals surface area contributed by atoms with Gasteiger partial charge in [-0.1, -0.05) is 0 Å². The molecule has 2 rings (SSSR count). The first-order valence-corrected chi connectivity index (χ1v) is 7.36. The van der Waals surface area contributed by atoms with Gasteiger partial charge in [-0.25, -0.2) is 9.37 Å². The summed E-state index contributed by atoms with van der Waals surface area (Å²) in [5, 5.41) is -0.190. The Morgan fingerprint density at radius 3 is 2.85 bits per heavy atom. The van der Waals surface area contributed by atoms with E-state index in [1.165, 1.54) is 12.1 Å². The minimum atomic E-state index is -0.268. The second-order valence-corrected chi connectivity index (χ2v) is 5.58. The standard InChI is InChI=1S/C15H20ClFN2O/c1-11(16)15-18-13-10-12(17)6-7-14(13)19(15)8-4-3-5-9-20-2/h6-7,10-11H,3-5,8-9H2,1-2H3. The van der Waals surface area contributed by atoms with Crippen LogP contribution in [0.1, 0.15) is 37.4 Å². The second kappa shape index (κ2) is 7.04. The number of fused-ring (bicyclic) bond motifs is 1. The molecule has 0 saturated heterocycles. The van der Waals surface area contributed by atoms with Crippen LogP contribution < -0.4 is 0 Å². The number of aromatic nitrogens is 2. The maximum atomic E-state index is 13.3. The molecule has 0 bridgehead atoms. The van der Waals surface area contributed by atoms with Gasteiger partial charge in [-0.15, -0.1) is 11.6 Å². The first-order valence-electron chi connectivity index (χ1n) is 6.92. The van der Waals surface area contributed by atoms with E-state index in [0.29, 0.717) is 5.52 Å². The van der Waals surface area contributed by atoms with E-state index in [2.05, 4.69) is 9.55 Å². The van der Waals surface area contributed by atoms with E-state index < -0.39 is 0 Å². The Kier molecular flexibility index (Phi) is 5.38. The topological polar surface area (TPSA) is 27.1 Å². The average Bonchev–Trinajstić information content (AvgIpc) is 2.76. The molecular weight excluding hydrogens is 279 g/mol. The van der Waals surface area contributed by atoms with Gasteiger partial charge < -0.3 is 9.30 Å². The number of unbranched alkanes of at least 4 members (excludes halogenated alkanes) is 2. The summed E-state index contributed by atoms with van der Waals surface area (Å²) in [6, 6.07) is 4.70. The fourth-order valence-electron chi connectivity index (χ4n) is 2.35. The van der Waals surface area contributed by atoms with Gasteiger partial charge in [-0.2, -0.15) is 0 Å². The molecule has 0 aliphatic rings. The Balaban J connectivity index is 2.18. The third-order valence-electron chi connectivity index (χ3n) is 3.33. The van der Waals surface area contributed by atoms with Crippen LogP contribution in [-0.2, 0) is 11.3 Å². The molecule has 3 nitrogen and oxygen atoms in total. The maximum Gasteiger partial charge on any atom is 0.127 e. The molecule has 1 heterocycles. The van der Waals surface area contributed by atoms with Gasteiger partial charge in [0, 0.05) is 26.3 Å². The van der Waals surface area contributed by atoms with Crippen LogP contribution in [0.2, 0.25) is 0 Å². The van der Waals surface area contributed by atoms with Gasteiger partial charge >= 0.3 is 0 Å². The highest BCUT2D eigenvalue weighted by atomic mass is 35.5. The van der Waals surface area contributed by atoms with Gasteiger partial charge in [0.05, 0.1) is 16.4 Å². The Morgan fingerprint density at radius 1 is 1.35 bits per heavy atom. The summed E-state index contributed by atoms with van der Waals surface area (Å²) < 4.78 is 20.4. The highest BCUT2D eigenvalue weighted by molar-refractivity contribution is 6.20. The number of methoxy groups -OCH3 is 1. The number of halogens is 2. The van der Waals surface area contributed by atoms with Crippen molar-refractivity contribution in [3.05, 3.63) is 29.8 Å². The van der Waals surface area contributed by atoms with Gasteiger partial charge in [0.2, 0.25) is 0 Å². The molecule has 1 aromatic heterocycles. The predicted octanol–water partition coefficient (Wildman–Crippen LogP) is 4.29. The van der Waals surface area contributed by atoms with Crippen LogP contribution in [0.4, 0.5) is 4.39 Å². The van der Waals surface area contributed by atoms with E-state index >= 15 is 0 Å². The Morgan fingerprint density at radius 2 is 2.15 bits per heavy atom. The lowest BCUT2D eigenvalue weighted by atomic mass is 10.2. The van der Waals surface area contributed by atoms with Crippen LogP contribution in [0, 0.1) is 5.82 Å². The molecule has 0 spiro atoms. The van der Waals surface area contributed by atoms with Crippen LogP contribution in [0.25, 0.3) is 11.0 Å². The summed E-state index contributed by atoms with van der Waals surface area (Å²) in [4.78, 5) is 4.45. The summed E-state index contributed by atoms with van der Waals surface area (Å²) in [5.41, 5.74) is 1.62. The van der Waals surface area contributed by atoms with Gasteiger partial charge in [0.1, 0.15) is 11.6 Å². The Hall–Kier alpha value is -1.13. The van der Waals surface area contributed by atoms with Crippen molar-refractivity contribution < 1.29 is 9.13 Å². The van der Waals surface area contributed by atoms with Crippen LogP contribution in [-0.4, -0.2) is 23.3 Å². The monoisotopic (exact) mass is 298 g/mol. The summed E-state index contributed by atoms with van der Waals surface area (Å²) in [5.74, 6) is 0.537.